The van der Waals surface area contributed by atoms with Crippen LogP contribution in [0, 0.1) is 0 Å². The Morgan fingerprint density at radius 2 is 2.00 bits per heavy atom. The maximum absolute atomic E-state index is 11.2. The Morgan fingerprint density at radius 1 is 1.36 bits per heavy atom. The molecule has 0 amide bonds. The highest BCUT2D eigenvalue weighted by molar-refractivity contribution is 9.10. The first-order valence-electron chi connectivity index (χ1n) is 6.89. The average Bonchev–Trinajstić information content (AvgIpc) is 2.52. The van der Waals surface area contributed by atoms with Gasteiger partial charge >= 0.3 is 18.1 Å². The van der Waals surface area contributed by atoms with Crippen molar-refractivity contribution in [1.29, 1.82) is 0 Å². The van der Waals surface area contributed by atoms with Gasteiger partial charge < -0.3 is 20.3 Å². The minimum atomic E-state index is -4.85. The summed E-state index contributed by atoms with van der Waals surface area (Å²) in [6, 6.07) is 5.40. The molecule has 0 saturated heterocycles. The topological polar surface area (TPSA) is 98.9 Å². The molecule has 10 heteroatoms. The zero-order chi connectivity index (χ0) is 19.5. The van der Waals surface area contributed by atoms with Crippen LogP contribution in [0.25, 0.3) is 6.08 Å². The number of hydrogen-bond donors (Lipinski definition) is 2. The van der Waals surface area contributed by atoms with Gasteiger partial charge in [-0.25, -0.2) is 9.59 Å². The zero-order valence-electron chi connectivity index (χ0n) is 13.2. The Labute approximate surface area is 150 Å². The first-order chi connectivity index (χ1) is 11.6. The lowest BCUT2D eigenvalue weighted by Crippen LogP contribution is -2.25. The van der Waals surface area contributed by atoms with E-state index in [1.54, 1.807) is 12.1 Å². The first kappa shape index (κ1) is 22.9. The van der Waals surface area contributed by atoms with Crippen LogP contribution < -0.4 is 10.5 Å². The number of alkyl halides is 3. The molecular formula is C15H17BrF3NO5. The van der Waals surface area contributed by atoms with Gasteiger partial charge in [0.15, 0.2) is 0 Å². The summed E-state index contributed by atoms with van der Waals surface area (Å²) in [5.41, 5.74) is 6.05. The van der Waals surface area contributed by atoms with Crippen molar-refractivity contribution in [1.82, 2.24) is 0 Å². The molecule has 0 heterocycles. The molecule has 1 rings (SSSR count). The maximum atomic E-state index is 11.2. The first-order valence-corrected chi connectivity index (χ1v) is 7.69. The third-order valence-corrected chi connectivity index (χ3v) is 2.90. The van der Waals surface area contributed by atoms with Gasteiger partial charge in [0, 0.05) is 18.2 Å². The number of benzene rings is 1. The number of aliphatic carboxylic acids is 1. The van der Waals surface area contributed by atoms with Gasteiger partial charge in [0.2, 0.25) is 0 Å². The fourth-order valence-corrected chi connectivity index (χ4v) is 1.84. The summed E-state index contributed by atoms with van der Waals surface area (Å²) in [7, 11) is 0. The highest BCUT2D eigenvalue weighted by atomic mass is 79.9. The third kappa shape index (κ3) is 9.72. The number of carbonyl (C=O) groups is 2. The van der Waals surface area contributed by atoms with Crippen molar-refractivity contribution in [3.63, 3.8) is 0 Å². The molecule has 0 aliphatic carbocycles. The van der Waals surface area contributed by atoms with Gasteiger partial charge in [-0.05, 0) is 35.0 Å². The van der Waals surface area contributed by atoms with E-state index in [9.17, 15) is 22.8 Å². The molecule has 0 atom stereocenters. The minimum Gasteiger partial charge on any atom is -0.490 e. The number of rotatable bonds is 6. The lowest BCUT2D eigenvalue weighted by Gasteiger charge is -2.09. The number of para-hydroxylation sites is 1. The van der Waals surface area contributed by atoms with Crippen LogP contribution in [-0.4, -0.2) is 43.0 Å². The highest BCUT2D eigenvalue weighted by Crippen LogP contribution is 2.29. The van der Waals surface area contributed by atoms with Gasteiger partial charge in [0.05, 0.1) is 11.1 Å². The van der Waals surface area contributed by atoms with E-state index in [-0.39, 0.29) is 6.61 Å². The zero-order valence-corrected chi connectivity index (χ0v) is 14.8. The van der Waals surface area contributed by atoms with Crippen LogP contribution in [0.4, 0.5) is 13.2 Å². The van der Waals surface area contributed by atoms with E-state index in [0.29, 0.717) is 24.5 Å². The molecule has 3 N–H and O–H groups in total. The molecule has 0 aromatic heterocycles. The Balaban J connectivity index is 0.000000547. The largest absolute Gasteiger partial charge is 0.490 e. The molecule has 0 bridgehead atoms. The monoisotopic (exact) mass is 427 g/mol. The van der Waals surface area contributed by atoms with E-state index >= 15 is 0 Å². The smallest absolute Gasteiger partial charge is 0.490 e. The number of halogens is 4. The van der Waals surface area contributed by atoms with Crippen molar-refractivity contribution >= 4 is 33.9 Å². The molecule has 25 heavy (non-hydrogen) atoms. The Hall–Kier alpha value is -2.07. The number of esters is 1. The minimum absolute atomic E-state index is 0.252. The fourth-order valence-electron chi connectivity index (χ4n) is 1.34. The van der Waals surface area contributed by atoms with Gasteiger partial charge in [0.1, 0.15) is 12.4 Å². The molecular weight excluding hydrogens is 411 g/mol. The van der Waals surface area contributed by atoms with Crippen molar-refractivity contribution in [2.45, 2.75) is 13.1 Å². The molecule has 0 saturated carbocycles. The second-order valence-electron chi connectivity index (χ2n) is 4.19. The number of nitrogens with two attached hydrogens (primary N) is 1. The Bertz CT molecular complexity index is 605. The molecule has 0 aliphatic heterocycles. The van der Waals surface area contributed by atoms with Crippen LogP contribution in [-0.2, 0) is 14.3 Å². The maximum Gasteiger partial charge on any atom is 0.490 e. The van der Waals surface area contributed by atoms with Gasteiger partial charge in [-0.15, -0.1) is 0 Å². The number of carbonyl (C=O) groups excluding carboxylic acids is 1. The number of ether oxygens (including phenoxy) is 2. The summed E-state index contributed by atoms with van der Waals surface area (Å²) in [6.07, 6.45) is -2.30. The summed E-state index contributed by atoms with van der Waals surface area (Å²) in [6.45, 7) is 1.85. The molecule has 6 nitrogen and oxygen atoms in total. The number of carboxylic acids is 1. The Morgan fingerprint density at radius 3 is 2.44 bits per heavy atom. The normalized spacial score (nSPS) is 10.8. The van der Waals surface area contributed by atoms with Gasteiger partial charge in [-0.1, -0.05) is 12.1 Å². The summed E-state index contributed by atoms with van der Waals surface area (Å²) in [4.78, 5) is 20.1. The van der Waals surface area contributed by atoms with E-state index in [1.165, 1.54) is 13.0 Å². The molecule has 0 fully saturated rings. The second-order valence-corrected chi connectivity index (χ2v) is 5.04. The van der Waals surface area contributed by atoms with Crippen LogP contribution in [0.5, 0.6) is 5.75 Å². The van der Waals surface area contributed by atoms with Gasteiger partial charge in [-0.3, -0.25) is 0 Å². The molecule has 0 unspecified atom stereocenters. The van der Waals surface area contributed by atoms with E-state index < -0.39 is 18.1 Å². The number of hydrogen-bond acceptors (Lipinski definition) is 5. The van der Waals surface area contributed by atoms with Crippen LogP contribution in [0.15, 0.2) is 28.7 Å². The van der Waals surface area contributed by atoms with Crippen molar-refractivity contribution in [2.24, 2.45) is 5.73 Å². The van der Waals surface area contributed by atoms with Crippen molar-refractivity contribution < 1.29 is 37.3 Å². The second kappa shape index (κ2) is 11.5. The van der Waals surface area contributed by atoms with Gasteiger partial charge in [-0.2, -0.15) is 13.2 Å². The summed E-state index contributed by atoms with van der Waals surface area (Å²) in [5.74, 6) is -2.53. The quantitative estimate of drug-likeness (QED) is 0.534. The van der Waals surface area contributed by atoms with Crippen molar-refractivity contribution in [2.75, 3.05) is 19.8 Å². The van der Waals surface area contributed by atoms with Crippen LogP contribution in [0.2, 0.25) is 0 Å². The summed E-state index contributed by atoms with van der Waals surface area (Å²) in [5, 5.41) is 8.55. The lowest BCUT2D eigenvalue weighted by molar-refractivity contribution is -0.199. The van der Waals surface area contributed by atoms with Crippen molar-refractivity contribution in [3.05, 3.63) is 34.3 Å². The lowest BCUT2D eigenvalue weighted by atomic mass is 10.2. The molecule has 0 aliphatic rings. The molecule has 1 aromatic carbocycles. The average molecular weight is 428 g/mol. The van der Waals surface area contributed by atoms with Crippen molar-refractivity contribution in [3.8, 4) is 5.75 Å². The van der Waals surface area contributed by atoms with E-state index in [1.807, 2.05) is 6.07 Å². The van der Waals surface area contributed by atoms with Gasteiger partial charge in [0.25, 0.3) is 0 Å². The third-order valence-electron chi connectivity index (χ3n) is 2.27. The number of carboxylic acid groups (broad SMARTS) is 1. The molecule has 0 radical (unpaired) electrons. The fraction of sp³-hybridized carbons (Fsp3) is 0.333. The molecule has 1 aromatic rings. The predicted molar refractivity (Wildman–Crippen MR) is 88.0 cm³/mol. The summed E-state index contributed by atoms with van der Waals surface area (Å²) < 4.78 is 43.3. The molecule has 0 spiro atoms. The van der Waals surface area contributed by atoms with Crippen LogP contribution in [0.1, 0.15) is 12.5 Å². The summed E-state index contributed by atoms with van der Waals surface area (Å²) >= 11 is 3.34. The molecule has 140 valence electrons. The Kier molecular flexibility index (Phi) is 10.5. The van der Waals surface area contributed by atoms with Crippen LogP contribution in [0.3, 0.4) is 0 Å². The van der Waals surface area contributed by atoms with E-state index in [4.69, 9.17) is 15.6 Å². The highest BCUT2D eigenvalue weighted by Gasteiger charge is 2.40. The van der Waals surface area contributed by atoms with Crippen LogP contribution >= 0.6 is 15.9 Å². The SMILES string of the molecule is CCOC(=O)C(F)(F)F.NCCOc1c(Br)cccc1/C=C/C(=O)O. The predicted octanol–water partition coefficient (Wildman–Crippen LogP) is 3.00. The van der Waals surface area contributed by atoms with E-state index in [2.05, 4.69) is 20.7 Å². The standard InChI is InChI=1S/C11H12BrNO3.C4H5F3O2/c12-9-3-1-2-8(4-5-10(14)15)11(9)16-7-6-13;1-2-9-3(8)4(5,6)7/h1-5H,6-7,13H2,(H,14,15);2H2,1H3/b5-4+;. The van der Waals surface area contributed by atoms with E-state index in [0.717, 1.165) is 10.5 Å².